The van der Waals surface area contributed by atoms with Crippen LogP contribution in [0.5, 0.6) is 0 Å². The highest BCUT2D eigenvalue weighted by atomic mass is 32.1. The summed E-state index contributed by atoms with van der Waals surface area (Å²) in [5, 5.41) is 7.30. The van der Waals surface area contributed by atoms with Crippen LogP contribution in [0.2, 0.25) is 0 Å². The minimum Gasteiger partial charge on any atom is -0.208 e. The first-order valence-corrected chi connectivity index (χ1v) is 20.0. The summed E-state index contributed by atoms with van der Waals surface area (Å²) < 4.78 is 2.43. The van der Waals surface area contributed by atoms with E-state index in [9.17, 15) is 0 Å². The monoisotopic (exact) mass is 743 g/mol. The first-order chi connectivity index (χ1) is 28.3. The molecule has 3 nitrogen and oxygen atoms in total. The average molecular weight is 744 g/mol. The van der Waals surface area contributed by atoms with E-state index in [-0.39, 0.29) is 0 Å². The normalized spacial score (nSPS) is 11.5. The third kappa shape index (κ3) is 5.78. The Morgan fingerprint density at radius 2 is 0.719 bits per heavy atom. The number of rotatable bonds is 6. The van der Waals surface area contributed by atoms with Crippen LogP contribution >= 0.6 is 11.3 Å². The van der Waals surface area contributed by atoms with E-state index in [4.69, 9.17) is 15.0 Å². The Balaban J connectivity index is 1.09. The molecule has 11 rings (SSSR count). The van der Waals surface area contributed by atoms with E-state index in [2.05, 4.69) is 182 Å². The van der Waals surface area contributed by atoms with Crippen LogP contribution in [0.3, 0.4) is 0 Å². The Morgan fingerprint density at radius 1 is 0.281 bits per heavy atom. The zero-order valence-corrected chi connectivity index (χ0v) is 31.6. The molecule has 57 heavy (non-hydrogen) atoms. The van der Waals surface area contributed by atoms with Crippen molar-refractivity contribution >= 4 is 53.1 Å². The lowest BCUT2D eigenvalue weighted by Crippen LogP contribution is -2.00. The smallest absolute Gasteiger partial charge is 0.165 e. The second-order valence-electron chi connectivity index (χ2n) is 14.3. The summed E-state index contributed by atoms with van der Waals surface area (Å²) in [6, 6.07) is 71.1. The Hall–Kier alpha value is -7.27. The van der Waals surface area contributed by atoms with Gasteiger partial charge >= 0.3 is 0 Å². The number of aromatic nitrogens is 3. The Kier molecular flexibility index (Phi) is 8.01. The molecule has 0 unspecified atom stereocenters. The van der Waals surface area contributed by atoms with Crippen molar-refractivity contribution in [3.8, 4) is 67.5 Å². The van der Waals surface area contributed by atoms with Crippen molar-refractivity contribution in [3.05, 3.63) is 200 Å². The van der Waals surface area contributed by atoms with Crippen molar-refractivity contribution in [2.45, 2.75) is 0 Å². The maximum Gasteiger partial charge on any atom is 0.165 e. The van der Waals surface area contributed by atoms with Crippen molar-refractivity contribution in [2.24, 2.45) is 0 Å². The summed E-state index contributed by atoms with van der Waals surface area (Å²) in [6.45, 7) is 0. The van der Waals surface area contributed by atoms with Crippen LogP contribution in [0, 0.1) is 0 Å². The highest BCUT2D eigenvalue weighted by Crippen LogP contribution is 2.45. The molecule has 0 saturated heterocycles. The fourth-order valence-electron chi connectivity index (χ4n) is 8.29. The van der Waals surface area contributed by atoms with E-state index in [0.717, 1.165) is 22.3 Å². The molecule has 266 valence electrons. The Morgan fingerprint density at radius 3 is 1.39 bits per heavy atom. The SMILES string of the molecule is c1ccc(-c2ccc(-c3c4ccccc4c(-c4cccc(-c5nc(-c6ccccc6)nc(-c6cccc7c6sc6ccccc67)n5)c4)c4ccccc34)cc2)cc1. The van der Waals surface area contributed by atoms with Crippen molar-refractivity contribution in [1.29, 1.82) is 0 Å². The number of hydrogen-bond acceptors (Lipinski definition) is 4. The maximum absolute atomic E-state index is 5.25. The zero-order chi connectivity index (χ0) is 37.7. The summed E-state index contributed by atoms with van der Waals surface area (Å²) in [6.07, 6.45) is 0. The van der Waals surface area contributed by atoms with Crippen LogP contribution in [0.25, 0.3) is 109 Å². The second kappa shape index (κ2) is 13.8. The molecule has 0 N–H and O–H groups in total. The molecule has 0 aliphatic heterocycles. The molecule has 0 saturated carbocycles. The predicted octanol–water partition coefficient (Wildman–Crippen LogP) is 14.5. The van der Waals surface area contributed by atoms with E-state index in [1.807, 2.05) is 18.2 Å². The summed E-state index contributed by atoms with van der Waals surface area (Å²) in [5.74, 6) is 1.96. The first kappa shape index (κ1) is 33.1. The molecule has 0 atom stereocenters. The van der Waals surface area contributed by atoms with Gasteiger partial charge in [-0.05, 0) is 73.1 Å². The van der Waals surface area contributed by atoms with Gasteiger partial charge in [-0.3, -0.25) is 0 Å². The van der Waals surface area contributed by atoms with Crippen molar-refractivity contribution in [2.75, 3.05) is 0 Å². The summed E-state index contributed by atoms with van der Waals surface area (Å²) in [7, 11) is 0. The van der Waals surface area contributed by atoms with E-state index in [0.29, 0.717) is 17.5 Å². The quantitative estimate of drug-likeness (QED) is 0.159. The lowest BCUT2D eigenvalue weighted by atomic mass is 9.85. The molecule has 9 aromatic carbocycles. The van der Waals surface area contributed by atoms with Crippen LogP contribution in [0.15, 0.2) is 200 Å². The summed E-state index contributed by atoms with van der Waals surface area (Å²) >= 11 is 1.79. The van der Waals surface area contributed by atoms with Gasteiger partial charge in [-0.15, -0.1) is 11.3 Å². The molecule has 2 heterocycles. The third-order valence-corrected chi connectivity index (χ3v) is 12.2. The van der Waals surface area contributed by atoms with Gasteiger partial charge in [0, 0.05) is 36.9 Å². The van der Waals surface area contributed by atoms with Gasteiger partial charge < -0.3 is 0 Å². The van der Waals surface area contributed by atoms with E-state index >= 15 is 0 Å². The van der Waals surface area contributed by atoms with Gasteiger partial charge in [0.15, 0.2) is 17.5 Å². The van der Waals surface area contributed by atoms with Gasteiger partial charge in [0.05, 0.1) is 0 Å². The molecule has 0 bridgehead atoms. The summed E-state index contributed by atoms with van der Waals surface area (Å²) in [4.78, 5) is 15.5. The van der Waals surface area contributed by atoms with Gasteiger partial charge in [-0.25, -0.2) is 15.0 Å². The highest BCUT2D eigenvalue weighted by molar-refractivity contribution is 7.26. The topological polar surface area (TPSA) is 38.7 Å². The molecule has 0 fully saturated rings. The van der Waals surface area contributed by atoms with Gasteiger partial charge in [-0.2, -0.15) is 0 Å². The molecule has 0 radical (unpaired) electrons. The van der Waals surface area contributed by atoms with E-state index < -0.39 is 0 Å². The molecular formula is C53H33N3S. The minimum atomic E-state index is 0.641. The number of hydrogen-bond donors (Lipinski definition) is 0. The van der Waals surface area contributed by atoms with Crippen molar-refractivity contribution < 1.29 is 0 Å². The Bertz CT molecular complexity index is 3220. The van der Waals surface area contributed by atoms with Crippen LogP contribution in [-0.4, -0.2) is 15.0 Å². The highest BCUT2D eigenvalue weighted by Gasteiger charge is 2.20. The van der Waals surface area contributed by atoms with E-state index in [1.165, 1.54) is 69.5 Å². The second-order valence-corrected chi connectivity index (χ2v) is 15.4. The fraction of sp³-hybridized carbons (Fsp3) is 0. The van der Waals surface area contributed by atoms with Crippen LogP contribution in [0.1, 0.15) is 0 Å². The van der Waals surface area contributed by atoms with Crippen LogP contribution < -0.4 is 0 Å². The molecule has 11 aromatic rings. The molecule has 0 aliphatic carbocycles. The molecule has 4 heteroatoms. The number of thiophene rings is 1. The lowest BCUT2D eigenvalue weighted by Gasteiger charge is -2.18. The van der Waals surface area contributed by atoms with Crippen molar-refractivity contribution in [1.82, 2.24) is 15.0 Å². The first-order valence-electron chi connectivity index (χ1n) is 19.2. The van der Waals surface area contributed by atoms with Crippen molar-refractivity contribution in [3.63, 3.8) is 0 Å². The van der Waals surface area contributed by atoms with Gasteiger partial charge in [-0.1, -0.05) is 182 Å². The lowest BCUT2D eigenvalue weighted by molar-refractivity contribution is 1.08. The average Bonchev–Trinajstić information content (AvgIpc) is 3.68. The fourth-order valence-corrected chi connectivity index (χ4v) is 9.50. The standard InChI is InChI=1S/C53H33N3S/c1-3-15-34(16-4-1)35-29-31-36(32-30-35)48-41-22-7-9-24-43(41)49(44-25-10-8-23-42(44)48)38-19-13-20-39(33-38)52-54-51(37-17-5-2-6-18-37)55-53(56-52)46-27-14-26-45-40-21-11-12-28-47(40)57-50(45)46/h1-33H. The predicted molar refractivity (Wildman–Crippen MR) is 240 cm³/mol. The Labute approximate surface area is 334 Å². The zero-order valence-electron chi connectivity index (χ0n) is 30.8. The van der Waals surface area contributed by atoms with Gasteiger partial charge in [0.1, 0.15) is 0 Å². The van der Waals surface area contributed by atoms with Crippen LogP contribution in [0.4, 0.5) is 0 Å². The third-order valence-electron chi connectivity index (χ3n) is 10.9. The molecular weight excluding hydrogens is 711 g/mol. The molecule has 0 amide bonds. The number of benzene rings is 9. The number of fused-ring (bicyclic) bond motifs is 5. The summed E-state index contributed by atoms with van der Waals surface area (Å²) in [5.41, 5.74) is 10.1. The van der Waals surface area contributed by atoms with Gasteiger partial charge in [0.2, 0.25) is 0 Å². The largest absolute Gasteiger partial charge is 0.208 e. The van der Waals surface area contributed by atoms with Crippen LogP contribution in [-0.2, 0) is 0 Å². The minimum absolute atomic E-state index is 0.641. The maximum atomic E-state index is 5.25. The molecule has 2 aromatic heterocycles. The van der Waals surface area contributed by atoms with E-state index in [1.54, 1.807) is 11.3 Å². The molecule has 0 aliphatic rings. The number of nitrogens with zero attached hydrogens (tertiary/aromatic N) is 3. The molecule has 0 spiro atoms. The van der Waals surface area contributed by atoms with Gasteiger partial charge in [0.25, 0.3) is 0 Å².